The van der Waals surface area contributed by atoms with Crippen LogP contribution >= 0.6 is 20.4 Å². The van der Waals surface area contributed by atoms with Gasteiger partial charge in [-0.2, -0.15) is 0 Å². The van der Waals surface area contributed by atoms with Crippen LogP contribution in [0.2, 0.25) is 21.3 Å². The van der Waals surface area contributed by atoms with Crippen molar-refractivity contribution in [1.29, 1.82) is 0 Å². The molecule has 0 unspecified atom stereocenters. The third-order valence-electron chi connectivity index (χ3n) is 2.23. The fraction of sp³-hybridized carbons (Fsp3) is 0.500. The Kier molecular flexibility index (Phi) is 6.80. The van der Waals surface area contributed by atoms with Crippen molar-refractivity contribution in [3.63, 3.8) is 0 Å². The standard InChI is InChI=1S/C12H18O2S2Se2/c1-9(2)11(13)15-18(7-5-17-6-8-18)16-12(14)10(3)4/h1,3,5-8H2,2,4H3. The second-order valence-electron chi connectivity index (χ2n) is 4.07. The normalized spacial score (nSPS) is 19.9. The van der Waals surface area contributed by atoms with E-state index in [1.165, 1.54) is 31.0 Å². The van der Waals surface area contributed by atoms with Gasteiger partial charge in [0.1, 0.15) is 0 Å². The van der Waals surface area contributed by atoms with Crippen LogP contribution < -0.4 is 0 Å². The third kappa shape index (κ3) is 4.91. The van der Waals surface area contributed by atoms with Crippen LogP contribution in [0.25, 0.3) is 0 Å². The van der Waals surface area contributed by atoms with Gasteiger partial charge in [0.2, 0.25) is 0 Å². The van der Waals surface area contributed by atoms with Crippen LogP contribution in [-0.4, -0.2) is 35.8 Å². The molecule has 0 aromatic carbocycles. The Morgan fingerprint density at radius 2 is 1.39 bits per heavy atom. The Bertz CT molecular complexity index is 358. The van der Waals surface area contributed by atoms with E-state index in [1.54, 1.807) is 13.8 Å². The summed E-state index contributed by atoms with van der Waals surface area (Å²) in [6.45, 7) is 10.9. The molecule has 0 radical (unpaired) electrons. The number of carbonyl (C=O) groups is 2. The molecule has 0 aromatic rings. The summed E-state index contributed by atoms with van der Waals surface area (Å²) in [5.41, 5.74) is 1.19. The molecular weight excluding hydrogens is 398 g/mol. The molecule has 2 nitrogen and oxygen atoms in total. The van der Waals surface area contributed by atoms with Crippen molar-refractivity contribution < 1.29 is 9.59 Å². The van der Waals surface area contributed by atoms with Gasteiger partial charge in [-0.25, -0.2) is 0 Å². The van der Waals surface area contributed by atoms with E-state index < -0.39 is 10.6 Å². The van der Waals surface area contributed by atoms with Crippen molar-refractivity contribution in [3.8, 4) is 0 Å². The molecule has 1 heterocycles. The molecular formula is C12H18O2S2Se2. The molecule has 0 bridgehead atoms. The second-order valence-corrected chi connectivity index (χ2v) is 22.4. The molecule has 0 N–H and O–H groups in total. The molecule has 0 spiro atoms. The van der Waals surface area contributed by atoms with E-state index in [1.807, 2.05) is 0 Å². The topological polar surface area (TPSA) is 34.1 Å². The summed E-state index contributed by atoms with van der Waals surface area (Å²) < 4.78 is 0. The Balaban J connectivity index is 2.81. The quantitative estimate of drug-likeness (QED) is 0.518. The van der Waals surface area contributed by atoms with Gasteiger partial charge in [0.05, 0.1) is 0 Å². The zero-order chi connectivity index (χ0) is 13.8. The fourth-order valence-corrected chi connectivity index (χ4v) is 30.3. The van der Waals surface area contributed by atoms with Gasteiger partial charge in [-0.15, -0.1) is 0 Å². The van der Waals surface area contributed by atoms with Crippen molar-refractivity contribution >= 4 is 56.2 Å². The molecule has 1 aliphatic heterocycles. The van der Waals surface area contributed by atoms with Crippen molar-refractivity contribution in [1.82, 2.24) is 0 Å². The first kappa shape index (κ1) is 16.6. The SMILES string of the molecule is C=C(C)C(=O)S[Se]1(SC(=O)C(=C)C)CC[Se]CC1. The average molecular weight is 416 g/mol. The first-order valence-electron chi connectivity index (χ1n) is 5.51. The molecule has 6 heteroatoms. The Hall–Kier alpha value is 0.559. The molecule has 1 rings (SSSR count). The van der Waals surface area contributed by atoms with Crippen LogP contribution in [0.15, 0.2) is 24.3 Å². The van der Waals surface area contributed by atoms with Crippen molar-refractivity contribution in [3.05, 3.63) is 24.3 Å². The van der Waals surface area contributed by atoms with E-state index in [0.29, 0.717) is 26.1 Å². The summed E-state index contributed by atoms with van der Waals surface area (Å²) >= 11 is 0.709. The van der Waals surface area contributed by atoms with Crippen LogP contribution in [0.3, 0.4) is 0 Å². The number of rotatable bonds is 4. The third-order valence-corrected chi connectivity index (χ3v) is 23.3. The summed E-state index contributed by atoms with van der Waals surface area (Å²) in [4.78, 5) is 23.9. The Morgan fingerprint density at radius 3 is 1.72 bits per heavy atom. The molecule has 0 atom stereocenters. The van der Waals surface area contributed by atoms with Crippen molar-refractivity contribution in [2.45, 2.75) is 35.1 Å². The zero-order valence-electron chi connectivity index (χ0n) is 10.7. The Morgan fingerprint density at radius 1 is 1.00 bits per heavy atom. The van der Waals surface area contributed by atoms with Gasteiger partial charge in [0.15, 0.2) is 0 Å². The molecule has 102 valence electrons. The summed E-state index contributed by atoms with van der Waals surface area (Å²) in [7, 11) is 0.793. The van der Waals surface area contributed by atoms with E-state index in [-0.39, 0.29) is 10.2 Å². The number of carbonyl (C=O) groups excluding carboxylic acids is 2. The van der Waals surface area contributed by atoms with Crippen LogP contribution in [-0.2, 0) is 9.59 Å². The molecule has 18 heavy (non-hydrogen) atoms. The van der Waals surface area contributed by atoms with E-state index >= 15 is 0 Å². The van der Waals surface area contributed by atoms with Gasteiger partial charge in [0.25, 0.3) is 0 Å². The molecule has 0 amide bonds. The van der Waals surface area contributed by atoms with Crippen LogP contribution in [0.5, 0.6) is 0 Å². The fourth-order valence-electron chi connectivity index (χ4n) is 1.18. The van der Waals surface area contributed by atoms with Crippen LogP contribution in [0.4, 0.5) is 0 Å². The summed E-state index contributed by atoms with van der Waals surface area (Å²) in [5.74, 6) is 0. The average Bonchev–Trinajstić information content (AvgIpc) is 2.29. The number of hydrogen-bond donors (Lipinski definition) is 0. The van der Waals surface area contributed by atoms with Gasteiger partial charge >= 0.3 is 125 Å². The van der Waals surface area contributed by atoms with Gasteiger partial charge in [-0.1, -0.05) is 0 Å². The molecule has 0 aliphatic carbocycles. The first-order chi connectivity index (χ1) is 8.36. The Labute approximate surface area is 124 Å². The monoisotopic (exact) mass is 418 g/mol. The van der Waals surface area contributed by atoms with Crippen LogP contribution in [0, 0.1) is 0 Å². The second kappa shape index (κ2) is 7.37. The first-order valence-corrected chi connectivity index (χ1v) is 16.0. The van der Waals surface area contributed by atoms with Crippen LogP contribution in [0.1, 0.15) is 13.8 Å². The predicted octanol–water partition coefficient (Wildman–Crippen LogP) is 3.65. The van der Waals surface area contributed by atoms with Gasteiger partial charge in [-0.3, -0.25) is 0 Å². The van der Waals surface area contributed by atoms with E-state index in [2.05, 4.69) is 13.2 Å². The molecule has 0 saturated carbocycles. The molecule has 1 aliphatic rings. The zero-order valence-corrected chi connectivity index (χ0v) is 15.8. The van der Waals surface area contributed by atoms with Crippen molar-refractivity contribution in [2.75, 3.05) is 0 Å². The number of hydrogen-bond acceptors (Lipinski definition) is 4. The van der Waals surface area contributed by atoms with Crippen molar-refractivity contribution in [2.24, 2.45) is 0 Å². The van der Waals surface area contributed by atoms with Gasteiger partial charge in [-0.05, 0) is 0 Å². The molecule has 1 saturated heterocycles. The predicted molar refractivity (Wildman–Crippen MR) is 85.6 cm³/mol. The maximum atomic E-state index is 11.9. The van der Waals surface area contributed by atoms with Gasteiger partial charge < -0.3 is 0 Å². The molecule has 0 aromatic heterocycles. The summed E-state index contributed by atoms with van der Waals surface area (Å²) in [6, 6.07) is 0. The summed E-state index contributed by atoms with van der Waals surface area (Å²) in [5, 5.41) is 4.74. The summed E-state index contributed by atoms with van der Waals surface area (Å²) in [6.07, 6.45) is 0. The minimum atomic E-state index is -2.11. The minimum absolute atomic E-state index is 0.0754. The van der Waals surface area contributed by atoms with E-state index in [4.69, 9.17) is 0 Å². The van der Waals surface area contributed by atoms with E-state index in [9.17, 15) is 9.59 Å². The maximum absolute atomic E-state index is 11.9. The van der Waals surface area contributed by atoms with Gasteiger partial charge in [0, 0.05) is 0 Å². The molecule has 1 fully saturated rings. The van der Waals surface area contributed by atoms with E-state index in [0.717, 1.165) is 10.6 Å².